The van der Waals surface area contributed by atoms with E-state index in [0.717, 1.165) is 30.8 Å². The van der Waals surface area contributed by atoms with Crippen LogP contribution in [0.1, 0.15) is 11.1 Å². The van der Waals surface area contributed by atoms with Gasteiger partial charge in [0.1, 0.15) is 5.75 Å². The van der Waals surface area contributed by atoms with Gasteiger partial charge in [-0.1, -0.05) is 18.2 Å². The molecule has 4 nitrogen and oxygen atoms in total. The van der Waals surface area contributed by atoms with Gasteiger partial charge in [-0.05, 0) is 26.6 Å². The Morgan fingerprint density at radius 3 is 2.78 bits per heavy atom. The maximum absolute atomic E-state index is 9.82. The average Bonchev–Trinajstić information content (AvgIpc) is 2.32. The predicted molar refractivity (Wildman–Crippen MR) is 73.9 cm³/mol. The molecule has 0 fully saturated rings. The molecule has 0 saturated carbocycles. The quantitative estimate of drug-likeness (QED) is 0.686. The Balaban J connectivity index is 2.13. The van der Waals surface area contributed by atoms with E-state index in [-0.39, 0.29) is 0 Å². The highest BCUT2D eigenvalue weighted by Crippen LogP contribution is 2.20. The fraction of sp³-hybridized carbons (Fsp3) is 0.571. The van der Waals surface area contributed by atoms with E-state index in [1.807, 2.05) is 39.2 Å². The molecule has 0 atom stereocenters. The first-order valence-electron chi connectivity index (χ1n) is 6.32. The molecule has 0 aliphatic rings. The van der Waals surface area contributed by atoms with Crippen LogP contribution in [0.25, 0.3) is 0 Å². The van der Waals surface area contributed by atoms with E-state index in [9.17, 15) is 5.11 Å². The zero-order valence-electron chi connectivity index (χ0n) is 11.6. The molecule has 0 unspecified atom stereocenters. The van der Waals surface area contributed by atoms with E-state index >= 15 is 0 Å². The molecule has 0 aliphatic heterocycles. The molecule has 18 heavy (non-hydrogen) atoms. The van der Waals surface area contributed by atoms with E-state index in [0.29, 0.717) is 18.9 Å². The Morgan fingerprint density at radius 2 is 2.06 bits per heavy atom. The van der Waals surface area contributed by atoms with Gasteiger partial charge in [-0.3, -0.25) is 0 Å². The molecule has 0 saturated heterocycles. The molecule has 2 N–H and O–H groups in total. The van der Waals surface area contributed by atoms with Gasteiger partial charge in [-0.2, -0.15) is 0 Å². The number of aryl methyl sites for hydroxylation is 1. The highest BCUT2D eigenvalue weighted by molar-refractivity contribution is 5.39. The molecule has 102 valence electrons. The summed E-state index contributed by atoms with van der Waals surface area (Å²) in [4.78, 5) is 2.10. The first-order chi connectivity index (χ1) is 8.61. The average molecular weight is 252 g/mol. The molecule has 0 heterocycles. The molecule has 0 radical (unpaired) electrons. The van der Waals surface area contributed by atoms with Gasteiger partial charge in [0.25, 0.3) is 0 Å². The smallest absolute Gasteiger partial charge is 0.122 e. The highest BCUT2D eigenvalue weighted by Gasteiger charge is 2.02. The first kappa shape index (κ1) is 15.0. The molecule has 0 bridgehead atoms. The number of hydrogen-bond donors (Lipinski definition) is 2. The van der Waals surface area contributed by atoms with Crippen molar-refractivity contribution in [3.63, 3.8) is 0 Å². The van der Waals surface area contributed by atoms with Crippen LogP contribution in [0.15, 0.2) is 18.2 Å². The maximum atomic E-state index is 9.82. The molecule has 0 aliphatic carbocycles. The van der Waals surface area contributed by atoms with E-state index in [1.165, 1.54) is 0 Å². The number of ether oxygens (including phenoxy) is 1. The summed E-state index contributed by atoms with van der Waals surface area (Å²) in [5.74, 6) is 0.388. The van der Waals surface area contributed by atoms with Crippen LogP contribution in [0.5, 0.6) is 5.75 Å². The maximum Gasteiger partial charge on any atom is 0.122 e. The van der Waals surface area contributed by atoms with Crippen molar-refractivity contribution in [3.05, 3.63) is 29.3 Å². The number of para-hydroxylation sites is 1. The zero-order chi connectivity index (χ0) is 13.4. The fourth-order valence-corrected chi connectivity index (χ4v) is 1.58. The monoisotopic (exact) mass is 252 g/mol. The normalized spacial score (nSPS) is 11.1. The minimum Gasteiger partial charge on any atom is -0.507 e. The van der Waals surface area contributed by atoms with Gasteiger partial charge >= 0.3 is 0 Å². The van der Waals surface area contributed by atoms with Crippen molar-refractivity contribution >= 4 is 0 Å². The van der Waals surface area contributed by atoms with Crippen molar-refractivity contribution in [2.45, 2.75) is 13.5 Å². The Labute approximate surface area is 110 Å². The molecule has 1 rings (SSSR count). The summed E-state index contributed by atoms with van der Waals surface area (Å²) in [5, 5.41) is 13.1. The lowest BCUT2D eigenvalue weighted by molar-refractivity contribution is 0.119. The standard InChI is InChI=1S/C14H24N2O2/c1-12-5-4-6-13(14(12)17)11-15-7-9-18-10-8-16(2)3/h4-6,15,17H,7-11H2,1-3H3. The summed E-state index contributed by atoms with van der Waals surface area (Å²) in [7, 11) is 4.06. The Morgan fingerprint density at radius 1 is 1.28 bits per heavy atom. The number of nitrogens with zero attached hydrogens (tertiary/aromatic N) is 1. The lowest BCUT2D eigenvalue weighted by atomic mass is 10.1. The van der Waals surface area contributed by atoms with E-state index in [1.54, 1.807) is 0 Å². The van der Waals surface area contributed by atoms with Crippen molar-refractivity contribution in [1.82, 2.24) is 10.2 Å². The topological polar surface area (TPSA) is 44.7 Å². The first-order valence-corrected chi connectivity index (χ1v) is 6.32. The second kappa shape index (κ2) is 8.08. The van der Waals surface area contributed by atoms with Crippen LogP contribution in [-0.4, -0.2) is 50.4 Å². The van der Waals surface area contributed by atoms with Crippen LogP contribution in [0, 0.1) is 6.92 Å². The molecule has 0 spiro atoms. The van der Waals surface area contributed by atoms with Crippen LogP contribution >= 0.6 is 0 Å². The van der Waals surface area contributed by atoms with E-state index < -0.39 is 0 Å². The summed E-state index contributed by atoms with van der Waals surface area (Å²) in [6.45, 7) is 5.76. The molecule has 1 aromatic carbocycles. The van der Waals surface area contributed by atoms with Gasteiger partial charge in [0, 0.05) is 25.2 Å². The van der Waals surface area contributed by atoms with Gasteiger partial charge in [-0.15, -0.1) is 0 Å². The number of nitrogens with one attached hydrogen (secondary N) is 1. The molecular formula is C14H24N2O2. The number of benzene rings is 1. The third-order valence-electron chi connectivity index (χ3n) is 2.74. The SMILES string of the molecule is Cc1cccc(CNCCOCCN(C)C)c1O. The van der Waals surface area contributed by atoms with Crippen molar-refractivity contribution in [1.29, 1.82) is 0 Å². The van der Waals surface area contributed by atoms with Crippen LogP contribution in [0.4, 0.5) is 0 Å². The number of phenolic OH excluding ortho intramolecular Hbond substituents is 1. The number of aromatic hydroxyl groups is 1. The van der Waals surface area contributed by atoms with Crippen LogP contribution in [0.2, 0.25) is 0 Å². The number of phenols is 1. The van der Waals surface area contributed by atoms with Crippen molar-refractivity contribution in [3.8, 4) is 5.75 Å². The van der Waals surface area contributed by atoms with Crippen LogP contribution in [0.3, 0.4) is 0 Å². The molecule has 0 amide bonds. The number of likely N-dealkylation sites (N-methyl/N-ethyl adjacent to an activating group) is 1. The summed E-state index contributed by atoms with van der Waals surface area (Å²) in [5.41, 5.74) is 1.85. The summed E-state index contributed by atoms with van der Waals surface area (Å²) in [6.07, 6.45) is 0. The highest BCUT2D eigenvalue weighted by atomic mass is 16.5. The molecular weight excluding hydrogens is 228 g/mol. The summed E-state index contributed by atoms with van der Waals surface area (Å²) in [6, 6.07) is 5.80. The molecule has 4 heteroatoms. The molecule has 0 aromatic heterocycles. The third kappa shape index (κ3) is 5.49. The second-order valence-electron chi connectivity index (χ2n) is 4.68. The fourth-order valence-electron chi connectivity index (χ4n) is 1.58. The van der Waals surface area contributed by atoms with Gasteiger partial charge in [0.05, 0.1) is 13.2 Å². The number of hydrogen-bond acceptors (Lipinski definition) is 4. The van der Waals surface area contributed by atoms with Gasteiger partial charge < -0.3 is 20.1 Å². The van der Waals surface area contributed by atoms with E-state index in [4.69, 9.17) is 4.74 Å². The minimum absolute atomic E-state index is 0.388. The lowest BCUT2D eigenvalue weighted by Crippen LogP contribution is -2.23. The van der Waals surface area contributed by atoms with Crippen LogP contribution in [-0.2, 0) is 11.3 Å². The van der Waals surface area contributed by atoms with Crippen molar-refractivity contribution < 1.29 is 9.84 Å². The van der Waals surface area contributed by atoms with Gasteiger partial charge in [-0.25, -0.2) is 0 Å². The van der Waals surface area contributed by atoms with Crippen molar-refractivity contribution in [2.75, 3.05) is 40.4 Å². The Bertz CT molecular complexity index is 354. The summed E-state index contributed by atoms with van der Waals surface area (Å²) >= 11 is 0. The lowest BCUT2D eigenvalue weighted by Gasteiger charge is -2.11. The number of rotatable bonds is 8. The van der Waals surface area contributed by atoms with Crippen molar-refractivity contribution in [2.24, 2.45) is 0 Å². The third-order valence-corrected chi connectivity index (χ3v) is 2.74. The molecule has 1 aromatic rings. The largest absolute Gasteiger partial charge is 0.507 e. The zero-order valence-corrected chi connectivity index (χ0v) is 11.6. The predicted octanol–water partition coefficient (Wildman–Crippen LogP) is 1.37. The second-order valence-corrected chi connectivity index (χ2v) is 4.68. The Kier molecular flexibility index (Phi) is 6.72. The van der Waals surface area contributed by atoms with Crippen LogP contribution < -0.4 is 5.32 Å². The van der Waals surface area contributed by atoms with Gasteiger partial charge in [0.2, 0.25) is 0 Å². The van der Waals surface area contributed by atoms with E-state index in [2.05, 4.69) is 10.2 Å². The van der Waals surface area contributed by atoms with Gasteiger partial charge in [0.15, 0.2) is 0 Å². The summed E-state index contributed by atoms with van der Waals surface area (Å²) < 4.78 is 5.47. The Hall–Kier alpha value is -1.10. The minimum atomic E-state index is 0.388.